The van der Waals surface area contributed by atoms with Gasteiger partial charge in [-0.3, -0.25) is 0 Å². The molecular weight excluding hydrogens is 475 g/mol. The van der Waals surface area contributed by atoms with Gasteiger partial charge < -0.3 is 4.74 Å². The molecule has 4 aromatic rings. The summed E-state index contributed by atoms with van der Waals surface area (Å²) < 4.78 is 44.6. The molecule has 176 valence electrons. The maximum atomic E-state index is 13.3. The molecule has 0 saturated heterocycles. The monoisotopic (exact) mass is 493 g/mol. The predicted molar refractivity (Wildman–Crippen MR) is 130 cm³/mol. The van der Waals surface area contributed by atoms with Crippen LogP contribution in [0.4, 0.5) is 13.2 Å². The van der Waals surface area contributed by atoms with Crippen molar-refractivity contribution < 1.29 is 22.7 Å². The molecular formula is C28H19ClF3NO2. The van der Waals surface area contributed by atoms with Crippen LogP contribution in [0.1, 0.15) is 44.7 Å². The van der Waals surface area contributed by atoms with Crippen molar-refractivity contribution >= 4 is 40.1 Å². The molecule has 1 aliphatic carbocycles. The lowest BCUT2D eigenvalue weighted by atomic mass is 10.0. The normalized spacial score (nSPS) is 14.3. The van der Waals surface area contributed by atoms with Gasteiger partial charge in [0.25, 0.3) is 0 Å². The van der Waals surface area contributed by atoms with E-state index in [0.717, 1.165) is 34.5 Å². The number of para-hydroxylation sites is 1. The number of fused-ring (bicyclic) bond motifs is 2. The van der Waals surface area contributed by atoms with Crippen LogP contribution in [0.2, 0.25) is 5.02 Å². The number of hydrogen-bond acceptors (Lipinski definition) is 3. The van der Waals surface area contributed by atoms with E-state index in [1.54, 1.807) is 0 Å². The second kappa shape index (κ2) is 9.19. The molecule has 0 aliphatic heterocycles. The smallest absolute Gasteiger partial charge is 0.416 e. The average Bonchev–Trinajstić information content (AvgIpc) is 3.24. The van der Waals surface area contributed by atoms with E-state index < -0.39 is 17.7 Å². The highest BCUT2D eigenvalue weighted by Gasteiger charge is 2.31. The summed E-state index contributed by atoms with van der Waals surface area (Å²) >= 11 is 6.00. The number of carbonyl (C=O) groups is 1. The Balaban J connectivity index is 1.50. The molecule has 35 heavy (non-hydrogen) atoms. The number of halogens is 4. The number of aromatic nitrogens is 1. The number of benzene rings is 3. The molecule has 1 aliphatic rings. The Morgan fingerprint density at radius 3 is 2.54 bits per heavy atom. The minimum Gasteiger partial charge on any atom is -0.457 e. The Morgan fingerprint density at radius 1 is 1.00 bits per heavy atom. The fourth-order valence-electron chi connectivity index (χ4n) is 4.33. The van der Waals surface area contributed by atoms with Gasteiger partial charge in [-0.05, 0) is 71.5 Å². The maximum absolute atomic E-state index is 13.3. The molecule has 7 heteroatoms. The van der Waals surface area contributed by atoms with Crippen LogP contribution < -0.4 is 0 Å². The van der Waals surface area contributed by atoms with Crippen molar-refractivity contribution in [3.05, 3.63) is 111 Å². The van der Waals surface area contributed by atoms with Gasteiger partial charge in [0.1, 0.15) is 6.61 Å². The number of pyridine rings is 1. The second-order valence-corrected chi connectivity index (χ2v) is 8.76. The lowest BCUT2D eigenvalue weighted by molar-refractivity contribution is -0.137. The van der Waals surface area contributed by atoms with Crippen LogP contribution in [-0.2, 0) is 23.9 Å². The zero-order valence-corrected chi connectivity index (χ0v) is 19.2. The van der Waals surface area contributed by atoms with Crippen molar-refractivity contribution in [1.82, 2.24) is 4.98 Å². The van der Waals surface area contributed by atoms with Gasteiger partial charge in [-0.2, -0.15) is 13.2 Å². The summed E-state index contributed by atoms with van der Waals surface area (Å²) in [5.41, 5.74) is 4.06. The first kappa shape index (κ1) is 23.1. The molecule has 0 saturated carbocycles. The molecule has 0 unspecified atom stereocenters. The molecule has 5 rings (SSSR count). The van der Waals surface area contributed by atoms with E-state index in [1.165, 1.54) is 12.1 Å². The van der Waals surface area contributed by atoms with Crippen molar-refractivity contribution in [3.8, 4) is 0 Å². The highest BCUT2D eigenvalue weighted by Crippen LogP contribution is 2.38. The van der Waals surface area contributed by atoms with Gasteiger partial charge in [0.05, 0.1) is 22.3 Å². The summed E-state index contributed by atoms with van der Waals surface area (Å²) in [6.07, 6.45) is -1.12. The van der Waals surface area contributed by atoms with Gasteiger partial charge in [0.2, 0.25) is 0 Å². The molecule has 0 amide bonds. The number of hydrogen-bond donors (Lipinski definition) is 0. The summed E-state index contributed by atoms with van der Waals surface area (Å²) in [6, 6.07) is 19.6. The predicted octanol–water partition coefficient (Wildman–Crippen LogP) is 7.75. The summed E-state index contributed by atoms with van der Waals surface area (Å²) in [5.74, 6) is -0.579. The lowest BCUT2D eigenvalue weighted by Gasteiger charge is -2.13. The summed E-state index contributed by atoms with van der Waals surface area (Å²) in [6.45, 7) is -0.262. The number of rotatable bonds is 4. The Labute approximate surface area is 204 Å². The van der Waals surface area contributed by atoms with E-state index in [0.29, 0.717) is 34.3 Å². The van der Waals surface area contributed by atoms with E-state index in [9.17, 15) is 18.0 Å². The number of nitrogens with zero attached hydrogens (tertiary/aromatic N) is 1. The Bertz CT molecular complexity index is 1460. The van der Waals surface area contributed by atoms with Gasteiger partial charge in [-0.15, -0.1) is 0 Å². The number of ether oxygens (including phenoxy) is 1. The van der Waals surface area contributed by atoms with Crippen LogP contribution in [0.15, 0.2) is 72.8 Å². The van der Waals surface area contributed by atoms with Crippen molar-refractivity contribution in [2.45, 2.75) is 25.6 Å². The SMILES string of the molecule is O=C(OCc1cccc(C(F)(F)F)c1)c1c2c(nc3ccccc13)C(=Cc1ccc(Cl)cc1)CC2. The minimum atomic E-state index is -4.46. The van der Waals surface area contributed by atoms with E-state index in [2.05, 4.69) is 0 Å². The average molecular weight is 494 g/mol. The van der Waals surface area contributed by atoms with Gasteiger partial charge in [-0.25, -0.2) is 9.78 Å². The molecule has 0 atom stereocenters. The third-order valence-corrected chi connectivity index (χ3v) is 6.23. The first-order valence-corrected chi connectivity index (χ1v) is 11.4. The molecule has 0 spiro atoms. The Morgan fingerprint density at radius 2 is 1.77 bits per heavy atom. The van der Waals surface area contributed by atoms with Crippen LogP contribution in [0.25, 0.3) is 22.6 Å². The fourth-order valence-corrected chi connectivity index (χ4v) is 4.46. The van der Waals surface area contributed by atoms with Crippen LogP contribution in [0.5, 0.6) is 0 Å². The molecule has 3 nitrogen and oxygen atoms in total. The maximum Gasteiger partial charge on any atom is 0.416 e. The highest BCUT2D eigenvalue weighted by molar-refractivity contribution is 6.30. The summed E-state index contributed by atoms with van der Waals surface area (Å²) in [4.78, 5) is 18.1. The molecule has 1 heterocycles. The van der Waals surface area contributed by atoms with Gasteiger partial charge in [0.15, 0.2) is 0 Å². The molecule has 0 bridgehead atoms. The standard InChI is InChI=1S/C28H19ClF3NO2/c29-21-11-8-17(9-12-21)14-19-10-13-23-25(22-6-1-2-7-24(22)33-26(19)23)27(34)35-16-18-4-3-5-20(15-18)28(30,31)32/h1-9,11-12,14-15H,10,13,16H2. The topological polar surface area (TPSA) is 39.2 Å². The molecule has 0 fully saturated rings. The minimum absolute atomic E-state index is 0.262. The molecule has 1 aromatic heterocycles. The van der Waals surface area contributed by atoms with Gasteiger partial charge in [0, 0.05) is 10.4 Å². The van der Waals surface area contributed by atoms with Crippen LogP contribution in [-0.4, -0.2) is 11.0 Å². The van der Waals surface area contributed by atoms with Crippen molar-refractivity contribution in [2.24, 2.45) is 0 Å². The lowest BCUT2D eigenvalue weighted by Crippen LogP contribution is -2.11. The van der Waals surface area contributed by atoms with Gasteiger partial charge >= 0.3 is 12.1 Å². The summed E-state index contributed by atoms with van der Waals surface area (Å²) in [7, 11) is 0. The Kier molecular flexibility index (Phi) is 6.07. The van der Waals surface area contributed by atoms with Crippen molar-refractivity contribution in [1.29, 1.82) is 0 Å². The first-order valence-electron chi connectivity index (χ1n) is 11.0. The fraction of sp³-hybridized carbons (Fsp3) is 0.143. The van der Waals surface area contributed by atoms with Crippen molar-refractivity contribution in [3.63, 3.8) is 0 Å². The quantitative estimate of drug-likeness (QED) is 0.273. The highest BCUT2D eigenvalue weighted by atomic mass is 35.5. The van der Waals surface area contributed by atoms with E-state index in [1.807, 2.05) is 54.6 Å². The number of esters is 1. The number of allylic oxidation sites excluding steroid dienone is 1. The number of carbonyl (C=O) groups excluding carboxylic acids is 1. The van der Waals surface area contributed by atoms with E-state index in [-0.39, 0.29) is 12.2 Å². The zero-order chi connectivity index (χ0) is 24.6. The van der Waals surface area contributed by atoms with Crippen molar-refractivity contribution in [2.75, 3.05) is 0 Å². The Hall–Kier alpha value is -3.64. The number of alkyl halides is 3. The third kappa shape index (κ3) is 4.80. The third-order valence-electron chi connectivity index (χ3n) is 5.98. The molecule has 0 radical (unpaired) electrons. The van der Waals surface area contributed by atoms with Crippen LogP contribution in [0, 0.1) is 0 Å². The van der Waals surface area contributed by atoms with E-state index in [4.69, 9.17) is 21.3 Å². The molecule has 0 N–H and O–H groups in total. The van der Waals surface area contributed by atoms with Crippen LogP contribution >= 0.6 is 11.6 Å². The zero-order valence-electron chi connectivity index (χ0n) is 18.4. The summed E-state index contributed by atoms with van der Waals surface area (Å²) in [5, 5.41) is 1.31. The van der Waals surface area contributed by atoms with Gasteiger partial charge in [-0.1, -0.05) is 54.1 Å². The van der Waals surface area contributed by atoms with Crippen LogP contribution in [0.3, 0.4) is 0 Å². The second-order valence-electron chi connectivity index (χ2n) is 8.33. The molecule has 3 aromatic carbocycles. The largest absolute Gasteiger partial charge is 0.457 e. The first-order chi connectivity index (χ1) is 16.8. The van der Waals surface area contributed by atoms with E-state index >= 15 is 0 Å².